The molecule has 5 nitrogen and oxygen atoms in total. The van der Waals surface area contributed by atoms with Crippen LogP contribution in [0.1, 0.15) is 60.1 Å². The minimum Gasteiger partial charge on any atom is -0.454 e. The van der Waals surface area contributed by atoms with E-state index in [1.165, 1.54) is 23.9 Å². The molecule has 4 saturated carbocycles. The van der Waals surface area contributed by atoms with Gasteiger partial charge in [-0.25, -0.2) is 9.48 Å². The van der Waals surface area contributed by atoms with Crippen LogP contribution in [0.3, 0.4) is 0 Å². The van der Waals surface area contributed by atoms with Crippen LogP contribution in [0.25, 0.3) is 0 Å². The van der Waals surface area contributed by atoms with Crippen LogP contribution in [0.4, 0.5) is 0 Å². The van der Waals surface area contributed by atoms with Gasteiger partial charge in [-0.05, 0) is 74.8 Å². The van der Waals surface area contributed by atoms with E-state index in [1.54, 1.807) is 13.0 Å². The molecule has 0 atom stereocenters. The Balaban J connectivity index is 1.27. The number of nitrogens with zero attached hydrogens (tertiary/aromatic N) is 2. The molecule has 0 radical (unpaired) electrons. The third-order valence-electron chi connectivity index (χ3n) is 7.51. The molecule has 0 saturated heterocycles. The molecule has 0 amide bonds. The molecular weight excluding hydrogens is 435 g/mol. The fraction of sp³-hybridized carbons (Fsp3) is 0.542. The third-order valence-corrected chi connectivity index (χ3v) is 8.26. The van der Waals surface area contributed by atoms with Gasteiger partial charge < -0.3 is 4.74 Å². The van der Waals surface area contributed by atoms with Gasteiger partial charge in [-0.2, -0.15) is 5.10 Å². The van der Waals surface area contributed by atoms with E-state index in [0.29, 0.717) is 35.0 Å². The number of halogens is 2. The second-order valence-corrected chi connectivity index (χ2v) is 10.5. The van der Waals surface area contributed by atoms with Gasteiger partial charge in [-0.1, -0.05) is 41.4 Å². The van der Waals surface area contributed by atoms with Crippen molar-refractivity contribution < 1.29 is 14.3 Å². The largest absolute Gasteiger partial charge is 0.454 e. The number of carbonyl (C=O) groups is 2. The Morgan fingerprint density at radius 1 is 1.10 bits per heavy atom. The van der Waals surface area contributed by atoms with Gasteiger partial charge in [-0.3, -0.25) is 4.79 Å². The molecule has 4 fully saturated rings. The maximum absolute atomic E-state index is 13.1. The molecule has 7 heteroatoms. The fourth-order valence-electron chi connectivity index (χ4n) is 6.49. The summed E-state index contributed by atoms with van der Waals surface area (Å²) in [5.41, 5.74) is 1.27. The Hall–Kier alpha value is -1.85. The summed E-state index contributed by atoms with van der Waals surface area (Å²) in [5, 5.41) is 5.20. The van der Waals surface area contributed by atoms with Crippen LogP contribution >= 0.6 is 23.2 Å². The first-order chi connectivity index (χ1) is 14.8. The highest BCUT2D eigenvalue weighted by Gasteiger charge is 2.54. The van der Waals surface area contributed by atoms with Crippen molar-refractivity contribution in [3.05, 3.63) is 51.3 Å². The molecule has 4 bridgehead atoms. The lowest BCUT2D eigenvalue weighted by Gasteiger charge is -2.55. The molecule has 0 N–H and O–H groups in total. The predicted molar refractivity (Wildman–Crippen MR) is 118 cm³/mol. The van der Waals surface area contributed by atoms with Crippen LogP contribution in [-0.2, 0) is 16.1 Å². The predicted octanol–water partition coefficient (Wildman–Crippen LogP) is 5.49. The van der Waals surface area contributed by atoms with E-state index in [0.717, 1.165) is 24.8 Å². The molecule has 2 aromatic rings. The number of rotatable bonds is 6. The van der Waals surface area contributed by atoms with Gasteiger partial charge in [0.25, 0.3) is 0 Å². The number of Topliss-reactive ketones (excluding diaryl/α,β-unsaturated/α-hetero) is 1. The van der Waals surface area contributed by atoms with Crippen LogP contribution in [-0.4, -0.2) is 28.1 Å². The van der Waals surface area contributed by atoms with Gasteiger partial charge in [0.15, 0.2) is 12.4 Å². The summed E-state index contributed by atoms with van der Waals surface area (Å²) in [6, 6.07) is 7.42. The first kappa shape index (κ1) is 21.0. The Bertz CT molecular complexity index is 1010. The average Bonchev–Trinajstić information content (AvgIpc) is 2.99. The monoisotopic (exact) mass is 460 g/mol. The zero-order chi connectivity index (χ0) is 21.8. The number of esters is 1. The molecule has 4 aliphatic carbocycles. The van der Waals surface area contributed by atoms with Crippen molar-refractivity contribution in [2.75, 3.05) is 6.61 Å². The molecule has 6 rings (SSSR count). The van der Waals surface area contributed by atoms with Crippen molar-refractivity contribution >= 4 is 35.0 Å². The van der Waals surface area contributed by atoms with Crippen molar-refractivity contribution in [2.45, 2.75) is 52.0 Å². The number of benzene rings is 1. The minimum atomic E-state index is -0.592. The topological polar surface area (TPSA) is 61.2 Å². The van der Waals surface area contributed by atoms with Gasteiger partial charge in [-0.15, -0.1) is 0 Å². The van der Waals surface area contributed by atoms with Crippen molar-refractivity contribution in [3.8, 4) is 0 Å². The van der Waals surface area contributed by atoms with Crippen molar-refractivity contribution in [1.82, 2.24) is 9.78 Å². The molecule has 1 aromatic heterocycles. The SMILES string of the molecule is Cc1nn(Cc2ccccc2Cl)c(Cl)c1C(=O)OCC(=O)C12CC3CC(CC(C3)C1)C2. The molecule has 31 heavy (non-hydrogen) atoms. The zero-order valence-corrected chi connectivity index (χ0v) is 19.1. The molecule has 1 aromatic carbocycles. The maximum atomic E-state index is 13.1. The van der Waals surface area contributed by atoms with Crippen LogP contribution in [0, 0.1) is 30.1 Å². The Kier molecular flexibility index (Phi) is 5.38. The van der Waals surface area contributed by atoms with Gasteiger partial charge in [0.2, 0.25) is 0 Å². The van der Waals surface area contributed by atoms with E-state index < -0.39 is 5.97 Å². The fourth-order valence-corrected chi connectivity index (χ4v) is 6.99. The van der Waals surface area contributed by atoms with Crippen LogP contribution in [0.15, 0.2) is 24.3 Å². The zero-order valence-electron chi connectivity index (χ0n) is 17.6. The first-order valence-electron chi connectivity index (χ1n) is 11.0. The number of ketones is 1. The lowest BCUT2D eigenvalue weighted by Crippen LogP contribution is -2.51. The van der Waals surface area contributed by atoms with Crippen molar-refractivity contribution in [2.24, 2.45) is 23.2 Å². The quantitative estimate of drug-likeness (QED) is 0.534. The summed E-state index contributed by atoms with van der Waals surface area (Å²) in [4.78, 5) is 26.0. The Morgan fingerprint density at radius 3 is 2.32 bits per heavy atom. The molecule has 0 unspecified atom stereocenters. The lowest BCUT2D eigenvalue weighted by atomic mass is 9.48. The number of hydrogen-bond donors (Lipinski definition) is 0. The van der Waals surface area contributed by atoms with Gasteiger partial charge in [0.05, 0.1) is 12.2 Å². The summed E-state index contributed by atoms with van der Waals surface area (Å²) in [5.74, 6) is 1.50. The van der Waals surface area contributed by atoms with Crippen molar-refractivity contribution in [3.63, 3.8) is 0 Å². The number of hydrogen-bond acceptors (Lipinski definition) is 4. The van der Waals surface area contributed by atoms with Gasteiger partial charge in [0.1, 0.15) is 10.7 Å². The van der Waals surface area contributed by atoms with Gasteiger partial charge >= 0.3 is 5.97 Å². The maximum Gasteiger partial charge on any atom is 0.343 e. The summed E-state index contributed by atoms with van der Waals surface area (Å²) < 4.78 is 7.01. The highest BCUT2D eigenvalue weighted by Crippen LogP contribution is 2.60. The smallest absolute Gasteiger partial charge is 0.343 e. The summed E-state index contributed by atoms with van der Waals surface area (Å²) in [6.45, 7) is 1.88. The van der Waals surface area contributed by atoms with Gasteiger partial charge in [0, 0.05) is 10.4 Å². The number of aromatic nitrogens is 2. The normalized spacial score (nSPS) is 28.7. The standard InChI is InChI=1S/C24H26Cl2N2O3/c1-14-21(22(26)28(27-14)12-18-4-2-3-5-19(18)25)23(30)31-13-20(29)24-9-15-6-16(10-24)8-17(7-15)11-24/h2-5,15-17H,6-13H2,1H3. The highest BCUT2D eigenvalue weighted by atomic mass is 35.5. The average molecular weight is 461 g/mol. The minimum absolute atomic E-state index is 0.0807. The van der Waals surface area contributed by atoms with E-state index in [4.69, 9.17) is 27.9 Å². The Labute approximate surface area is 192 Å². The molecule has 0 aliphatic heterocycles. The number of carbonyl (C=O) groups excluding carboxylic acids is 2. The Morgan fingerprint density at radius 2 is 1.71 bits per heavy atom. The molecule has 164 valence electrons. The number of aryl methyl sites for hydroxylation is 1. The lowest BCUT2D eigenvalue weighted by molar-refractivity contribution is -0.147. The summed E-state index contributed by atoms with van der Waals surface area (Å²) in [6.07, 6.45) is 6.70. The van der Waals surface area contributed by atoms with Crippen molar-refractivity contribution in [1.29, 1.82) is 0 Å². The van der Waals surface area contributed by atoms with E-state index in [9.17, 15) is 9.59 Å². The van der Waals surface area contributed by atoms with Crippen LogP contribution in [0.2, 0.25) is 10.2 Å². The van der Waals surface area contributed by atoms with E-state index in [2.05, 4.69) is 5.10 Å². The van der Waals surface area contributed by atoms with E-state index in [1.807, 2.05) is 18.2 Å². The molecule has 1 heterocycles. The van der Waals surface area contributed by atoms with E-state index >= 15 is 0 Å². The first-order valence-corrected chi connectivity index (χ1v) is 11.8. The van der Waals surface area contributed by atoms with Crippen LogP contribution < -0.4 is 0 Å². The molecule has 0 spiro atoms. The number of ether oxygens (including phenoxy) is 1. The summed E-state index contributed by atoms with van der Waals surface area (Å²) in [7, 11) is 0. The third kappa shape index (κ3) is 3.80. The second-order valence-electron chi connectivity index (χ2n) is 9.70. The highest BCUT2D eigenvalue weighted by molar-refractivity contribution is 6.33. The molecular formula is C24H26Cl2N2O3. The molecule has 4 aliphatic rings. The summed E-state index contributed by atoms with van der Waals surface area (Å²) >= 11 is 12.7. The second kappa shape index (κ2) is 7.93. The van der Waals surface area contributed by atoms with E-state index in [-0.39, 0.29) is 28.5 Å². The van der Waals surface area contributed by atoms with Crippen LogP contribution in [0.5, 0.6) is 0 Å².